The van der Waals surface area contributed by atoms with Gasteiger partial charge in [0.2, 0.25) is 5.52 Å². The molecule has 0 aliphatic rings. The van der Waals surface area contributed by atoms with Crippen molar-refractivity contribution in [3.63, 3.8) is 0 Å². The third kappa shape index (κ3) is 2.59. The number of halogens is 1. The molecule has 3 aromatic rings. The molecule has 0 bridgehead atoms. The number of para-hydroxylation sites is 1. The molecule has 0 aliphatic carbocycles. The van der Waals surface area contributed by atoms with Gasteiger partial charge in [-0.3, -0.25) is 0 Å². The molecular formula is C16H14BrN. The van der Waals surface area contributed by atoms with Gasteiger partial charge in [0, 0.05) is 23.1 Å². The Morgan fingerprint density at radius 2 is 1.39 bits per heavy atom. The van der Waals surface area contributed by atoms with Crippen molar-refractivity contribution < 1.29 is 21.5 Å². The van der Waals surface area contributed by atoms with Crippen LogP contribution in [0.4, 0.5) is 0 Å². The Morgan fingerprint density at radius 3 is 2.22 bits per heavy atom. The maximum atomic E-state index is 2.28. The Kier molecular flexibility index (Phi) is 4.11. The van der Waals surface area contributed by atoms with E-state index in [9.17, 15) is 0 Å². The summed E-state index contributed by atoms with van der Waals surface area (Å²) in [6.07, 6.45) is 2.13. The molecule has 1 heterocycles. The van der Waals surface area contributed by atoms with E-state index < -0.39 is 0 Å². The number of pyridine rings is 1. The van der Waals surface area contributed by atoms with E-state index in [2.05, 4.69) is 77.5 Å². The van der Waals surface area contributed by atoms with E-state index in [1.807, 2.05) is 0 Å². The van der Waals surface area contributed by atoms with E-state index in [4.69, 9.17) is 0 Å². The lowest BCUT2D eigenvalue weighted by Crippen LogP contribution is -3.00. The molecule has 0 unspecified atom stereocenters. The van der Waals surface area contributed by atoms with Crippen LogP contribution in [0.15, 0.2) is 72.9 Å². The highest BCUT2D eigenvalue weighted by atomic mass is 79.9. The summed E-state index contributed by atoms with van der Waals surface area (Å²) in [6, 6.07) is 23.3. The molecule has 0 amide bonds. The number of nitrogens with zero attached hydrogens (tertiary/aromatic N) is 1. The SMILES string of the molecule is [Br-].c1ccc(C[n+]2cccc3ccccc32)cc1. The third-order valence-electron chi connectivity index (χ3n) is 2.98. The Hall–Kier alpha value is -1.67. The van der Waals surface area contributed by atoms with Crippen molar-refractivity contribution in [2.75, 3.05) is 0 Å². The fourth-order valence-corrected chi connectivity index (χ4v) is 2.14. The van der Waals surface area contributed by atoms with Crippen LogP contribution in [0.2, 0.25) is 0 Å². The van der Waals surface area contributed by atoms with Crippen LogP contribution in [-0.4, -0.2) is 0 Å². The fourth-order valence-electron chi connectivity index (χ4n) is 2.14. The van der Waals surface area contributed by atoms with E-state index >= 15 is 0 Å². The molecule has 1 nitrogen and oxygen atoms in total. The summed E-state index contributed by atoms with van der Waals surface area (Å²) >= 11 is 0. The van der Waals surface area contributed by atoms with Gasteiger partial charge in [0.15, 0.2) is 12.7 Å². The van der Waals surface area contributed by atoms with Crippen LogP contribution in [0.25, 0.3) is 10.9 Å². The van der Waals surface area contributed by atoms with Gasteiger partial charge in [0.25, 0.3) is 0 Å². The van der Waals surface area contributed by atoms with Gasteiger partial charge >= 0.3 is 0 Å². The molecule has 0 fully saturated rings. The van der Waals surface area contributed by atoms with E-state index in [-0.39, 0.29) is 17.0 Å². The number of hydrogen-bond donors (Lipinski definition) is 0. The van der Waals surface area contributed by atoms with Crippen molar-refractivity contribution in [2.24, 2.45) is 0 Å². The van der Waals surface area contributed by atoms with Crippen LogP contribution >= 0.6 is 0 Å². The van der Waals surface area contributed by atoms with Crippen molar-refractivity contribution in [2.45, 2.75) is 6.54 Å². The largest absolute Gasteiger partial charge is 1.00 e. The third-order valence-corrected chi connectivity index (χ3v) is 2.98. The van der Waals surface area contributed by atoms with Crippen molar-refractivity contribution >= 4 is 10.9 Å². The van der Waals surface area contributed by atoms with Crippen molar-refractivity contribution in [1.82, 2.24) is 0 Å². The number of benzene rings is 2. The zero-order valence-corrected chi connectivity index (χ0v) is 11.5. The molecule has 2 heteroatoms. The lowest BCUT2D eigenvalue weighted by Gasteiger charge is -2.01. The first kappa shape index (κ1) is 12.8. The molecule has 0 aliphatic heterocycles. The highest BCUT2D eigenvalue weighted by molar-refractivity contribution is 5.74. The first-order valence-electron chi connectivity index (χ1n) is 5.84. The minimum atomic E-state index is 0. The lowest BCUT2D eigenvalue weighted by atomic mass is 10.2. The van der Waals surface area contributed by atoms with Crippen molar-refractivity contribution in [1.29, 1.82) is 0 Å². The molecule has 2 aromatic carbocycles. The summed E-state index contributed by atoms with van der Waals surface area (Å²) < 4.78 is 2.28. The number of fused-ring (bicyclic) bond motifs is 1. The summed E-state index contributed by atoms with van der Waals surface area (Å²) in [4.78, 5) is 0. The van der Waals surface area contributed by atoms with Gasteiger partial charge in [-0.15, -0.1) is 0 Å². The molecule has 0 atom stereocenters. The minimum Gasteiger partial charge on any atom is -1.00 e. The molecular weight excluding hydrogens is 286 g/mol. The van der Waals surface area contributed by atoms with Crippen LogP contribution < -0.4 is 21.5 Å². The molecule has 0 N–H and O–H groups in total. The van der Waals surface area contributed by atoms with Gasteiger partial charge in [-0.05, 0) is 12.1 Å². The van der Waals surface area contributed by atoms with Gasteiger partial charge in [0.05, 0.1) is 0 Å². The molecule has 1 aromatic heterocycles. The molecule has 18 heavy (non-hydrogen) atoms. The summed E-state index contributed by atoms with van der Waals surface area (Å²) in [6.45, 7) is 0.919. The second-order valence-electron chi connectivity index (χ2n) is 4.18. The fraction of sp³-hybridized carbons (Fsp3) is 0.0625. The zero-order chi connectivity index (χ0) is 11.5. The highest BCUT2D eigenvalue weighted by Gasteiger charge is 2.07. The van der Waals surface area contributed by atoms with E-state index in [1.54, 1.807) is 0 Å². The number of aromatic nitrogens is 1. The summed E-state index contributed by atoms with van der Waals surface area (Å²) in [5.41, 5.74) is 2.60. The smallest absolute Gasteiger partial charge is 0.212 e. The number of hydrogen-bond acceptors (Lipinski definition) is 0. The average molecular weight is 300 g/mol. The zero-order valence-electron chi connectivity index (χ0n) is 9.96. The standard InChI is InChI=1S/C16H14N.BrH/c1-2-7-14(8-3-1)13-17-12-6-10-15-9-4-5-11-16(15)17;/h1-12H,13H2;1H/q+1;/p-1. The topological polar surface area (TPSA) is 3.88 Å². The number of rotatable bonds is 2. The maximum absolute atomic E-state index is 2.28. The van der Waals surface area contributed by atoms with E-state index in [0.717, 1.165) is 6.54 Å². The Bertz CT molecular complexity index is 629. The van der Waals surface area contributed by atoms with Crippen LogP contribution in [-0.2, 0) is 6.54 Å². The van der Waals surface area contributed by atoms with Gasteiger partial charge in [0.1, 0.15) is 0 Å². The Morgan fingerprint density at radius 1 is 0.722 bits per heavy atom. The van der Waals surface area contributed by atoms with Gasteiger partial charge in [-0.25, -0.2) is 0 Å². The van der Waals surface area contributed by atoms with Crippen molar-refractivity contribution in [3.8, 4) is 0 Å². The quantitative estimate of drug-likeness (QED) is 0.595. The molecule has 3 rings (SSSR count). The average Bonchev–Trinajstić information content (AvgIpc) is 2.40. The van der Waals surface area contributed by atoms with Crippen LogP contribution in [0.3, 0.4) is 0 Å². The molecule has 0 saturated carbocycles. The van der Waals surface area contributed by atoms with Gasteiger partial charge < -0.3 is 17.0 Å². The van der Waals surface area contributed by atoms with Crippen LogP contribution in [0.5, 0.6) is 0 Å². The predicted molar refractivity (Wildman–Crippen MR) is 69.7 cm³/mol. The maximum Gasteiger partial charge on any atom is 0.212 e. The summed E-state index contributed by atoms with van der Waals surface area (Å²) in [5, 5.41) is 1.28. The predicted octanol–water partition coefficient (Wildman–Crippen LogP) is 0.180. The Labute approximate surface area is 117 Å². The van der Waals surface area contributed by atoms with Gasteiger partial charge in [-0.2, -0.15) is 4.57 Å². The van der Waals surface area contributed by atoms with Crippen LogP contribution in [0, 0.1) is 0 Å². The highest BCUT2D eigenvalue weighted by Crippen LogP contribution is 2.08. The molecule has 0 spiro atoms. The summed E-state index contributed by atoms with van der Waals surface area (Å²) in [5.74, 6) is 0. The molecule has 90 valence electrons. The second-order valence-corrected chi connectivity index (χ2v) is 4.18. The molecule has 0 saturated heterocycles. The lowest BCUT2D eigenvalue weighted by molar-refractivity contribution is -0.662. The minimum absolute atomic E-state index is 0. The van der Waals surface area contributed by atoms with E-state index in [0.29, 0.717) is 0 Å². The monoisotopic (exact) mass is 299 g/mol. The van der Waals surface area contributed by atoms with Crippen molar-refractivity contribution in [3.05, 3.63) is 78.5 Å². The van der Waals surface area contributed by atoms with Crippen LogP contribution in [0.1, 0.15) is 5.56 Å². The Balaban J connectivity index is 0.00000120. The first-order valence-corrected chi connectivity index (χ1v) is 5.84. The van der Waals surface area contributed by atoms with E-state index in [1.165, 1.54) is 16.5 Å². The summed E-state index contributed by atoms with van der Waals surface area (Å²) in [7, 11) is 0. The second kappa shape index (κ2) is 5.78. The van der Waals surface area contributed by atoms with Gasteiger partial charge in [-0.1, -0.05) is 42.5 Å². The first-order chi connectivity index (χ1) is 8.43. The molecule has 0 radical (unpaired) electrons. The normalized spacial score (nSPS) is 10.0.